The van der Waals surface area contributed by atoms with Crippen molar-refractivity contribution in [3.63, 3.8) is 0 Å². The molecule has 0 spiro atoms. The van der Waals surface area contributed by atoms with Crippen LogP contribution in [0.2, 0.25) is 0 Å². The monoisotopic (exact) mass is 250 g/mol. The summed E-state index contributed by atoms with van der Waals surface area (Å²) in [5, 5.41) is 7.17. The van der Waals surface area contributed by atoms with E-state index in [0.29, 0.717) is 22.5 Å². The van der Waals surface area contributed by atoms with Gasteiger partial charge in [-0.25, -0.2) is 0 Å². The Morgan fingerprint density at radius 2 is 2.22 bits per heavy atom. The Balaban J connectivity index is 2.04. The van der Waals surface area contributed by atoms with Gasteiger partial charge in [-0.2, -0.15) is 5.10 Å². The first-order valence-electron chi connectivity index (χ1n) is 6.56. The van der Waals surface area contributed by atoms with Crippen molar-refractivity contribution in [1.82, 2.24) is 15.1 Å². The van der Waals surface area contributed by atoms with Gasteiger partial charge < -0.3 is 11.1 Å². The first-order chi connectivity index (χ1) is 8.49. The summed E-state index contributed by atoms with van der Waals surface area (Å²) in [5.74, 6) is -0.115. The van der Waals surface area contributed by atoms with Gasteiger partial charge in [0, 0.05) is 13.6 Å². The highest BCUT2D eigenvalue weighted by Crippen LogP contribution is 2.43. The molecule has 0 aliphatic heterocycles. The maximum Gasteiger partial charge on any atom is 0.271 e. The van der Waals surface area contributed by atoms with E-state index in [0.717, 1.165) is 13.0 Å². The number of amides is 1. The zero-order valence-corrected chi connectivity index (χ0v) is 11.4. The van der Waals surface area contributed by atoms with Crippen molar-refractivity contribution in [1.29, 1.82) is 0 Å². The molecule has 1 aromatic heterocycles. The van der Waals surface area contributed by atoms with Crippen LogP contribution in [0.3, 0.4) is 0 Å². The molecule has 5 heteroatoms. The van der Waals surface area contributed by atoms with Gasteiger partial charge >= 0.3 is 0 Å². The van der Waals surface area contributed by atoms with Gasteiger partial charge in [-0.3, -0.25) is 9.48 Å². The van der Waals surface area contributed by atoms with Crippen LogP contribution in [0.5, 0.6) is 0 Å². The van der Waals surface area contributed by atoms with Crippen molar-refractivity contribution in [2.75, 3.05) is 12.3 Å². The predicted molar refractivity (Wildman–Crippen MR) is 71.3 cm³/mol. The molecule has 3 N–H and O–H groups in total. The Labute approximate surface area is 108 Å². The average molecular weight is 250 g/mol. The van der Waals surface area contributed by atoms with Crippen LogP contribution < -0.4 is 11.1 Å². The normalized spacial score (nSPS) is 17.3. The Kier molecular flexibility index (Phi) is 3.32. The summed E-state index contributed by atoms with van der Waals surface area (Å²) in [6.45, 7) is 4.74. The van der Waals surface area contributed by atoms with Crippen molar-refractivity contribution in [3.8, 4) is 0 Å². The van der Waals surface area contributed by atoms with Crippen molar-refractivity contribution in [3.05, 3.63) is 11.4 Å². The molecule has 1 saturated carbocycles. The summed E-state index contributed by atoms with van der Waals surface area (Å²) in [6.07, 6.45) is 4.82. The number of aryl methyl sites for hydroxylation is 2. The fourth-order valence-corrected chi connectivity index (χ4v) is 2.63. The third kappa shape index (κ3) is 2.09. The van der Waals surface area contributed by atoms with Crippen LogP contribution in [-0.4, -0.2) is 22.2 Å². The molecule has 1 aliphatic rings. The van der Waals surface area contributed by atoms with E-state index >= 15 is 0 Å². The number of carbonyl (C=O) groups is 1. The lowest BCUT2D eigenvalue weighted by Crippen LogP contribution is -2.42. The van der Waals surface area contributed by atoms with Gasteiger partial charge in [0.2, 0.25) is 0 Å². The quantitative estimate of drug-likeness (QED) is 0.853. The number of nitrogen functional groups attached to an aromatic ring is 1. The Bertz CT molecular complexity index is 454. The molecule has 1 aromatic rings. The standard InChI is InChI=1S/C13H22N4O/c1-4-13(6-5-7-13)8-15-12(18)11-10(14)9(2)16-17(11)3/h4-8,14H2,1-3H3,(H,15,18). The number of hydrogen-bond donors (Lipinski definition) is 2. The molecule has 1 amide bonds. The second-order valence-corrected chi connectivity index (χ2v) is 5.36. The smallest absolute Gasteiger partial charge is 0.271 e. The van der Waals surface area contributed by atoms with E-state index < -0.39 is 0 Å². The lowest BCUT2D eigenvalue weighted by atomic mass is 9.67. The second-order valence-electron chi connectivity index (χ2n) is 5.36. The molecular formula is C13H22N4O. The zero-order chi connectivity index (χ0) is 13.3. The topological polar surface area (TPSA) is 72.9 Å². The number of rotatable bonds is 4. The lowest BCUT2D eigenvalue weighted by molar-refractivity contribution is 0.0842. The summed E-state index contributed by atoms with van der Waals surface area (Å²) in [7, 11) is 1.75. The largest absolute Gasteiger partial charge is 0.395 e. The Morgan fingerprint density at radius 3 is 2.61 bits per heavy atom. The summed E-state index contributed by atoms with van der Waals surface area (Å²) >= 11 is 0. The van der Waals surface area contributed by atoms with Crippen molar-refractivity contribution in [2.45, 2.75) is 39.5 Å². The van der Waals surface area contributed by atoms with Gasteiger partial charge in [0.1, 0.15) is 5.69 Å². The minimum atomic E-state index is -0.115. The number of nitrogens with two attached hydrogens (primary N) is 1. The molecule has 0 unspecified atom stereocenters. The molecule has 18 heavy (non-hydrogen) atoms. The molecule has 100 valence electrons. The highest BCUT2D eigenvalue weighted by molar-refractivity contribution is 5.97. The van der Waals surface area contributed by atoms with E-state index in [4.69, 9.17) is 5.73 Å². The second kappa shape index (κ2) is 4.63. The van der Waals surface area contributed by atoms with E-state index in [2.05, 4.69) is 17.3 Å². The van der Waals surface area contributed by atoms with Crippen molar-refractivity contribution >= 4 is 11.6 Å². The van der Waals surface area contributed by atoms with E-state index in [1.165, 1.54) is 19.3 Å². The van der Waals surface area contributed by atoms with E-state index in [-0.39, 0.29) is 5.91 Å². The Morgan fingerprint density at radius 1 is 1.56 bits per heavy atom. The lowest BCUT2D eigenvalue weighted by Gasteiger charge is -2.41. The third-order valence-corrected chi connectivity index (χ3v) is 4.27. The minimum absolute atomic E-state index is 0.115. The van der Waals surface area contributed by atoms with Crippen LogP contribution in [0.15, 0.2) is 0 Å². The maximum atomic E-state index is 12.2. The minimum Gasteiger partial charge on any atom is -0.395 e. The third-order valence-electron chi connectivity index (χ3n) is 4.27. The van der Waals surface area contributed by atoms with Crippen LogP contribution >= 0.6 is 0 Å². The molecule has 1 aliphatic carbocycles. The fraction of sp³-hybridized carbons (Fsp3) is 0.692. The molecule has 1 fully saturated rings. The number of nitrogens with one attached hydrogen (secondary N) is 1. The maximum absolute atomic E-state index is 12.2. The number of aromatic nitrogens is 2. The first-order valence-corrected chi connectivity index (χ1v) is 6.56. The summed E-state index contributed by atoms with van der Waals surface area (Å²) in [5.41, 5.74) is 7.85. The zero-order valence-electron chi connectivity index (χ0n) is 11.4. The summed E-state index contributed by atoms with van der Waals surface area (Å²) in [4.78, 5) is 12.2. The van der Waals surface area contributed by atoms with E-state index in [9.17, 15) is 4.79 Å². The molecule has 0 saturated heterocycles. The van der Waals surface area contributed by atoms with Crippen LogP contribution in [0.4, 0.5) is 5.69 Å². The molecular weight excluding hydrogens is 228 g/mol. The molecule has 0 radical (unpaired) electrons. The highest BCUT2D eigenvalue weighted by atomic mass is 16.2. The van der Waals surface area contributed by atoms with Gasteiger partial charge in [0.25, 0.3) is 5.91 Å². The number of anilines is 1. The summed E-state index contributed by atoms with van der Waals surface area (Å²) in [6, 6.07) is 0. The molecule has 1 heterocycles. The fourth-order valence-electron chi connectivity index (χ4n) is 2.63. The predicted octanol–water partition coefficient (Wildman–Crippen LogP) is 1.62. The van der Waals surface area contributed by atoms with Crippen LogP contribution in [0.25, 0.3) is 0 Å². The highest BCUT2D eigenvalue weighted by Gasteiger charge is 2.35. The van der Waals surface area contributed by atoms with Crippen LogP contribution in [0.1, 0.15) is 48.8 Å². The number of nitrogens with zero attached hydrogens (tertiary/aromatic N) is 2. The van der Waals surface area contributed by atoms with Gasteiger partial charge in [-0.15, -0.1) is 0 Å². The summed E-state index contributed by atoms with van der Waals surface area (Å²) < 4.78 is 1.55. The van der Waals surface area contributed by atoms with Crippen LogP contribution in [0, 0.1) is 12.3 Å². The van der Waals surface area contributed by atoms with Gasteiger partial charge in [0.15, 0.2) is 0 Å². The molecule has 0 atom stereocenters. The molecule has 2 rings (SSSR count). The molecule has 0 aromatic carbocycles. The van der Waals surface area contributed by atoms with Gasteiger partial charge in [-0.1, -0.05) is 13.3 Å². The first kappa shape index (κ1) is 12.9. The SMILES string of the molecule is CCC1(CNC(=O)c2c(N)c(C)nn2C)CCC1. The molecule has 5 nitrogen and oxygen atoms in total. The van der Waals surface area contributed by atoms with Gasteiger partial charge in [-0.05, 0) is 31.6 Å². The van der Waals surface area contributed by atoms with Crippen molar-refractivity contribution < 1.29 is 4.79 Å². The Hall–Kier alpha value is -1.52. The number of hydrogen-bond acceptors (Lipinski definition) is 3. The van der Waals surface area contributed by atoms with E-state index in [1.807, 2.05) is 6.92 Å². The molecule has 0 bridgehead atoms. The average Bonchev–Trinajstić information content (AvgIpc) is 2.52. The van der Waals surface area contributed by atoms with Crippen molar-refractivity contribution in [2.24, 2.45) is 12.5 Å². The van der Waals surface area contributed by atoms with E-state index in [1.54, 1.807) is 11.7 Å². The van der Waals surface area contributed by atoms with Gasteiger partial charge in [0.05, 0.1) is 11.4 Å². The number of carbonyl (C=O) groups excluding carboxylic acids is 1. The van der Waals surface area contributed by atoms with Crippen LogP contribution in [-0.2, 0) is 7.05 Å².